The minimum absolute atomic E-state index is 0.228. The normalized spacial score (nSPS) is 12.8. The summed E-state index contributed by atoms with van der Waals surface area (Å²) in [4.78, 5) is 13.1. The van der Waals surface area contributed by atoms with E-state index in [0.717, 1.165) is 11.3 Å². The molecule has 9 heteroatoms. The lowest BCUT2D eigenvalue weighted by atomic mass is 10.2. The Bertz CT molecular complexity index is 1110. The molecule has 0 saturated carbocycles. The number of ether oxygens (including phenoxy) is 2. The van der Waals surface area contributed by atoms with E-state index in [1.807, 2.05) is 37.3 Å². The van der Waals surface area contributed by atoms with Gasteiger partial charge in [0.05, 0.1) is 5.75 Å². The molecule has 0 atom stereocenters. The highest BCUT2D eigenvalue weighted by Crippen LogP contribution is 2.35. The third-order valence-corrected chi connectivity index (χ3v) is 4.60. The maximum atomic E-state index is 5.66. The summed E-state index contributed by atoms with van der Waals surface area (Å²) in [5.74, 6) is 2.82. The number of aromatic nitrogens is 4. The third-order valence-electron chi connectivity index (χ3n) is 3.79. The van der Waals surface area contributed by atoms with Crippen LogP contribution in [0.25, 0.3) is 22.6 Å². The van der Waals surface area contributed by atoms with Crippen molar-refractivity contribution < 1.29 is 18.4 Å². The van der Waals surface area contributed by atoms with E-state index >= 15 is 0 Å². The number of benzene rings is 1. The Morgan fingerprint density at radius 3 is 2.92 bits per heavy atom. The van der Waals surface area contributed by atoms with Crippen LogP contribution in [0.4, 0.5) is 0 Å². The largest absolute Gasteiger partial charge is 0.454 e. The first-order valence-corrected chi connectivity index (χ1v) is 8.83. The van der Waals surface area contributed by atoms with Crippen molar-refractivity contribution in [1.82, 2.24) is 20.1 Å². The molecule has 0 aliphatic carbocycles. The molecule has 4 aromatic rings. The van der Waals surface area contributed by atoms with Crippen LogP contribution in [0.15, 0.2) is 44.5 Å². The summed E-state index contributed by atoms with van der Waals surface area (Å²) in [7, 11) is 0. The SMILES string of the molecule is Cc1ccc2oc(SCc3nc(-c4ccc5c(c4)OCO5)no3)nc2n1. The number of oxazole rings is 1. The van der Waals surface area contributed by atoms with Crippen LogP contribution in [0.2, 0.25) is 0 Å². The van der Waals surface area contributed by atoms with Gasteiger partial charge in [-0.05, 0) is 37.3 Å². The summed E-state index contributed by atoms with van der Waals surface area (Å²) in [5.41, 5.74) is 2.95. The predicted molar refractivity (Wildman–Crippen MR) is 92.0 cm³/mol. The summed E-state index contributed by atoms with van der Waals surface area (Å²) in [6.07, 6.45) is 0. The maximum Gasteiger partial charge on any atom is 0.258 e. The van der Waals surface area contributed by atoms with E-state index in [4.69, 9.17) is 18.4 Å². The van der Waals surface area contributed by atoms with E-state index < -0.39 is 0 Å². The lowest BCUT2D eigenvalue weighted by molar-refractivity contribution is 0.174. The van der Waals surface area contributed by atoms with Crippen molar-refractivity contribution in [3.63, 3.8) is 0 Å². The van der Waals surface area contributed by atoms with Crippen molar-refractivity contribution in [2.24, 2.45) is 0 Å². The quantitative estimate of drug-likeness (QED) is 0.500. The van der Waals surface area contributed by atoms with Crippen LogP contribution in [0.5, 0.6) is 11.5 Å². The van der Waals surface area contributed by atoms with E-state index in [1.54, 1.807) is 0 Å². The lowest BCUT2D eigenvalue weighted by Gasteiger charge is -1.97. The summed E-state index contributed by atoms with van der Waals surface area (Å²) in [5, 5.41) is 4.53. The van der Waals surface area contributed by atoms with Crippen molar-refractivity contribution in [2.75, 3.05) is 6.79 Å². The third kappa shape index (κ3) is 2.76. The number of hydrogen-bond acceptors (Lipinski definition) is 9. The van der Waals surface area contributed by atoms with E-state index in [2.05, 4.69) is 20.1 Å². The number of thioether (sulfide) groups is 1. The van der Waals surface area contributed by atoms with Gasteiger partial charge in [-0.2, -0.15) is 9.97 Å². The van der Waals surface area contributed by atoms with Gasteiger partial charge in [0.1, 0.15) is 0 Å². The number of nitrogens with zero attached hydrogens (tertiary/aromatic N) is 4. The van der Waals surface area contributed by atoms with Gasteiger partial charge in [0.25, 0.3) is 5.22 Å². The Morgan fingerprint density at radius 2 is 1.96 bits per heavy atom. The number of rotatable bonds is 4. The minimum atomic E-state index is 0.228. The summed E-state index contributed by atoms with van der Waals surface area (Å²) in [6, 6.07) is 9.27. The number of fused-ring (bicyclic) bond motifs is 2. The Balaban J connectivity index is 1.32. The Labute approximate surface area is 151 Å². The van der Waals surface area contributed by atoms with E-state index in [9.17, 15) is 0 Å². The molecule has 0 amide bonds. The van der Waals surface area contributed by atoms with Crippen LogP contribution >= 0.6 is 11.8 Å². The lowest BCUT2D eigenvalue weighted by Crippen LogP contribution is -1.92. The molecule has 4 heterocycles. The van der Waals surface area contributed by atoms with Gasteiger partial charge >= 0.3 is 0 Å². The second-order valence-electron chi connectivity index (χ2n) is 5.62. The average Bonchev–Trinajstić information content (AvgIpc) is 3.37. The van der Waals surface area contributed by atoms with Crippen molar-refractivity contribution in [3.8, 4) is 22.9 Å². The fraction of sp³-hybridized carbons (Fsp3) is 0.176. The summed E-state index contributed by atoms with van der Waals surface area (Å²) < 4.78 is 21.6. The van der Waals surface area contributed by atoms with Crippen molar-refractivity contribution >= 4 is 23.0 Å². The van der Waals surface area contributed by atoms with Gasteiger partial charge in [0.15, 0.2) is 22.7 Å². The maximum absolute atomic E-state index is 5.66. The van der Waals surface area contributed by atoms with Crippen LogP contribution < -0.4 is 9.47 Å². The second-order valence-corrected chi connectivity index (χ2v) is 6.55. The van der Waals surface area contributed by atoms with Crippen molar-refractivity contribution in [1.29, 1.82) is 0 Å². The smallest absolute Gasteiger partial charge is 0.258 e. The molecule has 0 unspecified atom stereocenters. The van der Waals surface area contributed by atoms with E-state index in [0.29, 0.717) is 45.4 Å². The number of pyridine rings is 1. The molecule has 1 aliphatic rings. The first-order valence-electron chi connectivity index (χ1n) is 7.84. The van der Waals surface area contributed by atoms with Crippen LogP contribution in [0.3, 0.4) is 0 Å². The fourth-order valence-electron chi connectivity index (χ4n) is 2.54. The van der Waals surface area contributed by atoms with Gasteiger partial charge < -0.3 is 18.4 Å². The zero-order chi connectivity index (χ0) is 17.5. The zero-order valence-corrected chi connectivity index (χ0v) is 14.4. The van der Waals surface area contributed by atoms with Gasteiger partial charge in [0, 0.05) is 11.3 Å². The topological polar surface area (TPSA) is 96.3 Å². The molecule has 8 nitrogen and oxygen atoms in total. The molecule has 1 aromatic carbocycles. The first kappa shape index (κ1) is 15.2. The highest BCUT2D eigenvalue weighted by atomic mass is 32.2. The monoisotopic (exact) mass is 368 g/mol. The molecule has 0 radical (unpaired) electrons. The summed E-state index contributed by atoms with van der Waals surface area (Å²) in [6.45, 7) is 2.14. The zero-order valence-electron chi connectivity index (χ0n) is 13.6. The molecule has 0 fully saturated rings. The highest BCUT2D eigenvalue weighted by Gasteiger charge is 2.17. The van der Waals surface area contributed by atoms with Crippen LogP contribution in [-0.4, -0.2) is 26.9 Å². The molecule has 1 aliphatic heterocycles. The van der Waals surface area contributed by atoms with Crippen LogP contribution in [0.1, 0.15) is 11.6 Å². The molecule has 0 spiro atoms. The van der Waals surface area contributed by atoms with Crippen LogP contribution in [-0.2, 0) is 5.75 Å². The van der Waals surface area contributed by atoms with Gasteiger partial charge in [-0.3, -0.25) is 0 Å². The van der Waals surface area contributed by atoms with Crippen molar-refractivity contribution in [3.05, 3.63) is 41.9 Å². The number of aryl methyl sites for hydroxylation is 1. The molecular formula is C17H12N4O4S. The van der Waals surface area contributed by atoms with E-state index in [-0.39, 0.29) is 6.79 Å². The van der Waals surface area contributed by atoms with Crippen LogP contribution in [0, 0.1) is 6.92 Å². The Hall–Kier alpha value is -3.07. The van der Waals surface area contributed by atoms with Crippen molar-refractivity contribution in [2.45, 2.75) is 17.9 Å². The van der Waals surface area contributed by atoms with Gasteiger partial charge in [-0.25, -0.2) is 4.98 Å². The average molecular weight is 368 g/mol. The molecule has 0 bridgehead atoms. The molecule has 130 valence electrons. The first-order chi connectivity index (χ1) is 12.7. The van der Waals surface area contributed by atoms with Gasteiger partial charge in [0.2, 0.25) is 18.5 Å². The highest BCUT2D eigenvalue weighted by molar-refractivity contribution is 7.98. The Kier molecular flexibility index (Phi) is 3.52. The fourth-order valence-corrected chi connectivity index (χ4v) is 3.21. The molecular weight excluding hydrogens is 356 g/mol. The minimum Gasteiger partial charge on any atom is -0.454 e. The number of hydrogen-bond donors (Lipinski definition) is 0. The molecule has 0 N–H and O–H groups in total. The molecule has 0 saturated heterocycles. The molecule has 5 rings (SSSR count). The summed E-state index contributed by atoms with van der Waals surface area (Å²) >= 11 is 1.38. The molecule has 3 aromatic heterocycles. The Morgan fingerprint density at radius 1 is 1.04 bits per heavy atom. The standard InChI is InChI=1S/C17H12N4O4S/c1-9-2-4-12-16(18-9)20-17(24-12)26-7-14-19-15(21-25-14)10-3-5-11-13(6-10)23-8-22-11/h2-6H,7-8H2,1H3. The van der Waals surface area contributed by atoms with Gasteiger partial charge in [-0.1, -0.05) is 16.9 Å². The predicted octanol–water partition coefficient (Wildman–Crippen LogP) is 3.60. The second kappa shape index (κ2) is 6.03. The molecule has 26 heavy (non-hydrogen) atoms. The van der Waals surface area contributed by atoms with E-state index in [1.165, 1.54) is 11.8 Å². The van der Waals surface area contributed by atoms with Gasteiger partial charge in [-0.15, -0.1) is 0 Å².